The third-order valence-electron chi connectivity index (χ3n) is 4.32. The van der Waals surface area contributed by atoms with Gasteiger partial charge in [0.05, 0.1) is 41.6 Å². The van der Waals surface area contributed by atoms with E-state index in [0.29, 0.717) is 30.2 Å². The van der Waals surface area contributed by atoms with Crippen molar-refractivity contribution in [3.05, 3.63) is 60.2 Å². The molecule has 3 aromatic heterocycles. The fourth-order valence-corrected chi connectivity index (χ4v) is 2.90. The summed E-state index contributed by atoms with van der Waals surface area (Å²) in [6.07, 6.45) is 7.93. The highest BCUT2D eigenvalue weighted by atomic mass is 15.3. The van der Waals surface area contributed by atoms with Crippen LogP contribution in [0.15, 0.2) is 49.1 Å². The van der Waals surface area contributed by atoms with Crippen molar-refractivity contribution in [2.45, 2.75) is 19.5 Å². The summed E-state index contributed by atoms with van der Waals surface area (Å²) >= 11 is 0. The Bertz CT molecular complexity index is 1140. The largest absolute Gasteiger partial charge is 0.330 e. The van der Waals surface area contributed by atoms with Crippen LogP contribution in [0, 0.1) is 11.3 Å². The fraction of sp³-hybridized carbons (Fsp3) is 0.211. The summed E-state index contributed by atoms with van der Waals surface area (Å²) in [4.78, 5) is 8.93. The van der Waals surface area contributed by atoms with Crippen molar-refractivity contribution in [1.29, 1.82) is 5.26 Å². The van der Waals surface area contributed by atoms with Crippen molar-refractivity contribution >= 4 is 22.7 Å². The van der Waals surface area contributed by atoms with Gasteiger partial charge in [-0.05, 0) is 24.6 Å². The van der Waals surface area contributed by atoms with Crippen LogP contribution in [-0.4, -0.2) is 36.1 Å². The molecule has 0 atom stereocenters. The topological polar surface area (TPSA) is 123 Å². The molecule has 0 amide bonds. The van der Waals surface area contributed by atoms with Gasteiger partial charge >= 0.3 is 0 Å². The third kappa shape index (κ3) is 3.67. The van der Waals surface area contributed by atoms with Crippen LogP contribution in [0.1, 0.15) is 17.5 Å². The SMILES string of the molecule is N#Cc1ccccc1Cn1ncc2cnc(Nc3cnn(CCCN)c3)nc21. The molecule has 1 aromatic carbocycles. The molecule has 0 saturated heterocycles. The van der Waals surface area contributed by atoms with Gasteiger partial charge in [0.25, 0.3) is 0 Å². The maximum absolute atomic E-state index is 9.29. The van der Waals surface area contributed by atoms with Gasteiger partial charge in [0.2, 0.25) is 5.95 Å². The van der Waals surface area contributed by atoms with E-state index in [1.807, 2.05) is 29.1 Å². The summed E-state index contributed by atoms with van der Waals surface area (Å²) < 4.78 is 3.60. The van der Waals surface area contributed by atoms with Crippen LogP contribution in [0.4, 0.5) is 11.6 Å². The van der Waals surface area contributed by atoms with Gasteiger partial charge in [-0.25, -0.2) is 9.67 Å². The highest BCUT2D eigenvalue weighted by Crippen LogP contribution is 2.18. The van der Waals surface area contributed by atoms with Crippen LogP contribution < -0.4 is 11.1 Å². The number of rotatable bonds is 7. The van der Waals surface area contributed by atoms with E-state index in [1.54, 1.807) is 29.3 Å². The Morgan fingerprint density at radius 3 is 2.89 bits per heavy atom. The molecule has 0 aliphatic rings. The average molecular weight is 373 g/mol. The summed E-state index contributed by atoms with van der Waals surface area (Å²) in [7, 11) is 0. The monoisotopic (exact) mass is 373 g/mol. The molecule has 0 spiro atoms. The Morgan fingerprint density at radius 2 is 2.04 bits per heavy atom. The van der Waals surface area contributed by atoms with Crippen molar-refractivity contribution in [1.82, 2.24) is 29.5 Å². The quantitative estimate of drug-likeness (QED) is 0.508. The summed E-state index contributed by atoms with van der Waals surface area (Å²) in [5.74, 6) is 0.459. The number of nitrogens with two attached hydrogens (primary N) is 1. The maximum atomic E-state index is 9.29. The van der Waals surface area contributed by atoms with Crippen LogP contribution in [0.5, 0.6) is 0 Å². The molecule has 28 heavy (non-hydrogen) atoms. The third-order valence-corrected chi connectivity index (χ3v) is 4.32. The molecule has 9 nitrogen and oxygen atoms in total. The predicted octanol–water partition coefficient (Wildman–Crippen LogP) is 2.04. The highest BCUT2D eigenvalue weighted by Gasteiger charge is 2.10. The average Bonchev–Trinajstić information content (AvgIpc) is 3.34. The minimum Gasteiger partial charge on any atom is -0.330 e. The van der Waals surface area contributed by atoms with Crippen molar-refractivity contribution in [3.63, 3.8) is 0 Å². The van der Waals surface area contributed by atoms with Gasteiger partial charge in [-0.2, -0.15) is 20.4 Å². The van der Waals surface area contributed by atoms with Crippen LogP contribution in [0.3, 0.4) is 0 Å². The number of aromatic nitrogens is 6. The van der Waals surface area contributed by atoms with E-state index in [0.717, 1.165) is 29.6 Å². The van der Waals surface area contributed by atoms with Gasteiger partial charge < -0.3 is 11.1 Å². The summed E-state index contributed by atoms with van der Waals surface area (Å²) in [6, 6.07) is 9.69. The molecule has 9 heteroatoms. The lowest BCUT2D eigenvalue weighted by molar-refractivity contribution is 0.585. The van der Waals surface area contributed by atoms with E-state index in [9.17, 15) is 5.26 Å². The summed E-state index contributed by atoms with van der Waals surface area (Å²) in [5, 5.41) is 22.0. The number of nitriles is 1. The first kappa shape index (κ1) is 17.6. The zero-order valence-corrected chi connectivity index (χ0v) is 15.2. The number of fused-ring (bicyclic) bond motifs is 1. The molecule has 4 rings (SSSR count). The predicted molar refractivity (Wildman–Crippen MR) is 105 cm³/mol. The van der Waals surface area contributed by atoms with Crippen LogP contribution in [0.2, 0.25) is 0 Å². The van der Waals surface area contributed by atoms with E-state index >= 15 is 0 Å². The first-order valence-electron chi connectivity index (χ1n) is 8.93. The molecule has 4 aromatic rings. The van der Waals surface area contributed by atoms with Crippen LogP contribution >= 0.6 is 0 Å². The standard InChI is InChI=1S/C19H19N9/c20-6-3-7-27-13-17(11-23-27)25-19-22-9-16-10-24-28(18(16)26-19)12-15-5-2-1-4-14(15)8-21/h1-2,4-5,9-11,13H,3,6-7,12,20H2,(H,22,25,26). The van der Waals surface area contributed by atoms with Gasteiger partial charge in [0.1, 0.15) is 0 Å². The number of nitrogens with one attached hydrogen (secondary N) is 1. The number of nitrogens with zero attached hydrogens (tertiary/aromatic N) is 7. The highest BCUT2D eigenvalue weighted by molar-refractivity contribution is 5.75. The first-order valence-corrected chi connectivity index (χ1v) is 8.93. The van der Waals surface area contributed by atoms with E-state index in [1.165, 1.54) is 0 Å². The number of aryl methyl sites for hydroxylation is 1. The zero-order valence-electron chi connectivity index (χ0n) is 15.2. The molecule has 0 saturated carbocycles. The second-order valence-corrected chi connectivity index (χ2v) is 6.30. The number of benzene rings is 1. The van der Waals surface area contributed by atoms with Crippen molar-refractivity contribution in [2.75, 3.05) is 11.9 Å². The molecule has 140 valence electrons. The normalized spacial score (nSPS) is 10.9. The lowest BCUT2D eigenvalue weighted by Crippen LogP contribution is -2.06. The molecule has 3 N–H and O–H groups in total. The Morgan fingerprint density at radius 1 is 1.14 bits per heavy atom. The molecular formula is C19H19N9. The number of hydrogen-bond acceptors (Lipinski definition) is 7. The number of anilines is 2. The van der Waals surface area contributed by atoms with Crippen molar-refractivity contribution in [2.24, 2.45) is 5.73 Å². The van der Waals surface area contributed by atoms with E-state index < -0.39 is 0 Å². The summed E-state index contributed by atoms with van der Waals surface area (Å²) in [5.41, 5.74) is 8.55. The van der Waals surface area contributed by atoms with Gasteiger partial charge in [-0.15, -0.1) is 0 Å². The van der Waals surface area contributed by atoms with Gasteiger partial charge in [0, 0.05) is 18.9 Å². The van der Waals surface area contributed by atoms with Gasteiger partial charge in [0.15, 0.2) is 5.65 Å². The van der Waals surface area contributed by atoms with Crippen LogP contribution in [0.25, 0.3) is 11.0 Å². The molecule has 0 radical (unpaired) electrons. The lowest BCUT2D eigenvalue weighted by Gasteiger charge is -2.06. The van der Waals surface area contributed by atoms with Gasteiger partial charge in [-0.1, -0.05) is 18.2 Å². The molecule has 0 unspecified atom stereocenters. The molecule has 0 aliphatic heterocycles. The number of hydrogen-bond donors (Lipinski definition) is 2. The van der Waals surface area contributed by atoms with Crippen LogP contribution in [-0.2, 0) is 13.1 Å². The van der Waals surface area contributed by atoms with E-state index in [2.05, 4.69) is 31.6 Å². The van der Waals surface area contributed by atoms with E-state index in [4.69, 9.17) is 5.73 Å². The first-order chi connectivity index (χ1) is 13.8. The Labute approximate surface area is 161 Å². The second-order valence-electron chi connectivity index (χ2n) is 6.30. The lowest BCUT2D eigenvalue weighted by atomic mass is 10.1. The zero-order chi connectivity index (χ0) is 19.3. The van der Waals surface area contributed by atoms with Gasteiger partial charge in [-0.3, -0.25) is 4.68 Å². The fourth-order valence-electron chi connectivity index (χ4n) is 2.90. The van der Waals surface area contributed by atoms with Crippen molar-refractivity contribution in [3.8, 4) is 6.07 Å². The second kappa shape index (κ2) is 7.85. The Balaban J connectivity index is 1.58. The summed E-state index contributed by atoms with van der Waals surface area (Å²) in [6.45, 7) is 1.85. The smallest absolute Gasteiger partial charge is 0.229 e. The maximum Gasteiger partial charge on any atom is 0.229 e. The molecular weight excluding hydrogens is 354 g/mol. The Hall–Kier alpha value is -3.77. The van der Waals surface area contributed by atoms with E-state index in [-0.39, 0.29) is 0 Å². The minimum absolute atomic E-state index is 0.459. The molecule has 0 bridgehead atoms. The molecule has 0 aliphatic carbocycles. The minimum atomic E-state index is 0.459. The molecule has 3 heterocycles. The Kier molecular flexibility index (Phi) is 4.95. The molecule has 0 fully saturated rings. The van der Waals surface area contributed by atoms with Crippen molar-refractivity contribution < 1.29 is 0 Å².